The molecule has 0 unspecified atom stereocenters. The predicted octanol–water partition coefficient (Wildman–Crippen LogP) is 6.61. The lowest BCUT2D eigenvalue weighted by Gasteiger charge is -2.14. The van der Waals surface area contributed by atoms with E-state index in [9.17, 15) is 4.79 Å². The number of thiocarbonyl (C=S) groups is 1. The minimum Gasteiger partial charge on any atom is -0.497 e. The van der Waals surface area contributed by atoms with Crippen LogP contribution >= 0.6 is 35.6 Å². The van der Waals surface area contributed by atoms with Gasteiger partial charge in [-0.3, -0.25) is 9.69 Å². The fourth-order valence-corrected chi connectivity index (χ4v) is 5.02. The van der Waals surface area contributed by atoms with Gasteiger partial charge in [-0.1, -0.05) is 65.9 Å². The van der Waals surface area contributed by atoms with Crippen LogP contribution in [-0.4, -0.2) is 27.1 Å². The molecule has 1 aliphatic heterocycles. The maximum atomic E-state index is 13.3. The van der Waals surface area contributed by atoms with Gasteiger partial charge in [-0.05, 0) is 54.6 Å². The Morgan fingerprint density at radius 1 is 0.971 bits per heavy atom. The van der Waals surface area contributed by atoms with Crippen LogP contribution < -0.4 is 9.64 Å². The molecule has 3 aromatic carbocycles. The van der Waals surface area contributed by atoms with E-state index in [4.69, 9.17) is 33.7 Å². The van der Waals surface area contributed by atoms with Crippen LogP contribution in [0.4, 0.5) is 5.69 Å². The van der Waals surface area contributed by atoms with Gasteiger partial charge in [-0.15, -0.1) is 0 Å². The molecule has 0 bridgehead atoms. The van der Waals surface area contributed by atoms with E-state index in [1.54, 1.807) is 23.9 Å². The number of hydrogen-bond acceptors (Lipinski definition) is 5. The van der Waals surface area contributed by atoms with E-state index in [0.29, 0.717) is 25.7 Å². The van der Waals surface area contributed by atoms with Gasteiger partial charge >= 0.3 is 0 Å². The first-order valence-corrected chi connectivity index (χ1v) is 12.0. The van der Waals surface area contributed by atoms with Gasteiger partial charge in [-0.2, -0.15) is 5.10 Å². The summed E-state index contributed by atoms with van der Waals surface area (Å²) < 4.78 is 7.50. The number of anilines is 1. The first-order chi connectivity index (χ1) is 16.5. The van der Waals surface area contributed by atoms with Gasteiger partial charge in [0.2, 0.25) is 0 Å². The zero-order valence-electron chi connectivity index (χ0n) is 18.0. The van der Waals surface area contributed by atoms with E-state index in [-0.39, 0.29) is 5.91 Å². The number of carbonyl (C=O) groups excluding carboxylic acids is 1. The van der Waals surface area contributed by atoms with E-state index in [1.165, 1.54) is 16.7 Å². The highest BCUT2D eigenvalue weighted by molar-refractivity contribution is 8.27. The van der Waals surface area contributed by atoms with Gasteiger partial charge in [0.05, 0.1) is 29.1 Å². The van der Waals surface area contributed by atoms with Crippen LogP contribution in [0.3, 0.4) is 0 Å². The highest BCUT2D eigenvalue weighted by atomic mass is 35.5. The summed E-state index contributed by atoms with van der Waals surface area (Å²) in [6.07, 6.45) is 3.76. The maximum Gasteiger partial charge on any atom is 0.270 e. The molecule has 1 fully saturated rings. The van der Waals surface area contributed by atoms with Gasteiger partial charge in [0, 0.05) is 22.3 Å². The summed E-state index contributed by atoms with van der Waals surface area (Å²) in [4.78, 5) is 15.4. The summed E-state index contributed by atoms with van der Waals surface area (Å²) in [5.41, 5.74) is 4.07. The number of nitrogens with zero attached hydrogens (tertiary/aromatic N) is 3. The van der Waals surface area contributed by atoms with Crippen molar-refractivity contribution in [2.24, 2.45) is 0 Å². The molecule has 0 N–H and O–H groups in total. The van der Waals surface area contributed by atoms with Crippen LogP contribution in [-0.2, 0) is 4.79 Å². The van der Waals surface area contributed by atoms with Crippen LogP contribution in [0.2, 0.25) is 5.02 Å². The van der Waals surface area contributed by atoms with Crippen molar-refractivity contribution >= 4 is 57.6 Å². The molecule has 0 aliphatic carbocycles. The molecular weight excluding hydrogens is 486 g/mol. The quantitative estimate of drug-likeness (QED) is 0.226. The number of carbonyl (C=O) groups is 1. The van der Waals surface area contributed by atoms with E-state index in [2.05, 4.69) is 0 Å². The molecule has 0 atom stereocenters. The van der Waals surface area contributed by atoms with Crippen LogP contribution in [0.15, 0.2) is 90.0 Å². The van der Waals surface area contributed by atoms with Crippen molar-refractivity contribution in [3.63, 3.8) is 0 Å². The maximum absolute atomic E-state index is 13.3. The average molecular weight is 504 g/mol. The predicted molar refractivity (Wildman–Crippen MR) is 143 cm³/mol. The number of para-hydroxylation sites is 1. The molecule has 1 amide bonds. The van der Waals surface area contributed by atoms with Crippen molar-refractivity contribution in [3.8, 4) is 22.7 Å². The number of benzene rings is 3. The SMILES string of the molecule is COc1ccc(N2C(=O)/C(=C/c3cn(-c4ccccc4)nc3-c3ccc(Cl)cc3)SC2=S)cc1. The molecule has 1 aliphatic rings. The van der Waals surface area contributed by atoms with E-state index >= 15 is 0 Å². The van der Waals surface area contributed by atoms with Crippen molar-refractivity contribution in [1.82, 2.24) is 9.78 Å². The second kappa shape index (κ2) is 9.46. The summed E-state index contributed by atoms with van der Waals surface area (Å²) in [5.74, 6) is 0.542. The second-order valence-electron chi connectivity index (χ2n) is 7.44. The third-order valence-electron chi connectivity index (χ3n) is 5.29. The van der Waals surface area contributed by atoms with Gasteiger partial charge in [0.25, 0.3) is 5.91 Å². The molecule has 168 valence electrons. The molecule has 1 aromatic heterocycles. The Morgan fingerprint density at radius 3 is 2.35 bits per heavy atom. The molecule has 1 saturated heterocycles. The van der Waals surface area contributed by atoms with Crippen molar-refractivity contribution in [3.05, 3.63) is 101 Å². The minimum absolute atomic E-state index is 0.172. The Balaban J connectivity index is 1.55. The number of methoxy groups -OCH3 is 1. The molecule has 0 radical (unpaired) electrons. The molecule has 2 heterocycles. The molecule has 0 saturated carbocycles. The lowest BCUT2D eigenvalue weighted by Crippen LogP contribution is -2.27. The lowest BCUT2D eigenvalue weighted by molar-refractivity contribution is -0.113. The molecule has 34 heavy (non-hydrogen) atoms. The smallest absolute Gasteiger partial charge is 0.270 e. The second-order valence-corrected chi connectivity index (χ2v) is 9.55. The first kappa shape index (κ1) is 22.4. The monoisotopic (exact) mass is 503 g/mol. The van der Waals surface area contributed by atoms with E-state index < -0.39 is 0 Å². The Labute approximate surface area is 211 Å². The largest absolute Gasteiger partial charge is 0.497 e. The number of amides is 1. The summed E-state index contributed by atoms with van der Waals surface area (Å²) in [7, 11) is 1.60. The Morgan fingerprint density at radius 2 is 1.68 bits per heavy atom. The van der Waals surface area contributed by atoms with Crippen LogP contribution in [0, 0.1) is 0 Å². The van der Waals surface area contributed by atoms with Gasteiger partial charge in [0.1, 0.15) is 5.75 Å². The Bertz CT molecular complexity index is 1400. The summed E-state index contributed by atoms with van der Waals surface area (Å²) in [6, 6.07) is 24.6. The fraction of sp³-hybridized carbons (Fsp3) is 0.0385. The van der Waals surface area contributed by atoms with Gasteiger partial charge in [0.15, 0.2) is 4.32 Å². The zero-order chi connectivity index (χ0) is 23.7. The molecule has 5 nitrogen and oxygen atoms in total. The standard InChI is InChI=1S/C26H18ClN3O2S2/c1-32-22-13-11-21(12-14-22)30-25(31)23(34-26(30)33)15-18-16-29(20-5-3-2-4-6-20)28-24(18)17-7-9-19(27)10-8-17/h2-16H,1H3/b23-15-. The first-order valence-electron chi connectivity index (χ1n) is 10.4. The molecule has 4 aromatic rings. The van der Waals surface area contributed by atoms with E-state index in [0.717, 1.165) is 22.5 Å². The summed E-state index contributed by atoms with van der Waals surface area (Å²) in [6.45, 7) is 0. The third-order valence-corrected chi connectivity index (χ3v) is 6.85. The van der Waals surface area contributed by atoms with Crippen molar-refractivity contribution in [2.45, 2.75) is 0 Å². The normalized spacial score (nSPS) is 14.8. The van der Waals surface area contributed by atoms with Crippen LogP contribution in [0.25, 0.3) is 23.0 Å². The number of halogens is 1. The van der Waals surface area contributed by atoms with Gasteiger partial charge < -0.3 is 4.74 Å². The number of thioether (sulfide) groups is 1. The van der Waals surface area contributed by atoms with Crippen LogP contribution in [0.5, 0.6) is 5.75 Å². The van der Waals surface area contributed by atoms with Crippen molar-refractivity contribution in [1.29, 1.82) is 0 Å². The third kappa shape index (κ3) is 4.37. The molecule has 5 rings (SSSR count). The lowest BCUT2D eigenvalue weighted by atomic mass is 10.1. The highest BCUT2D eigenvalue weighted by Gasteiger charge is 2.33. The molecule has 0 spiro atoms. The Hall–Kier alpha value is -3.39. The van der Waals surface area contributed by atoms with E-state index in [1.807, 2.05) is 79.0 Å². The fourth-order valence-electron chi connectivity index (χ4n) is 3.60. The minimum atomic E-state index is -0.172. The van der Waals surface area contributed by atoms with Crippen molar-refractivity contribution in [2.75, 3.05) is 12.0 Å². The number of hydrogen-bond donors (Lipinski definition) is 0. The zero-order valence-corrected chi connectivity index (χ0v) is 20.4. The molecule has 8 heteroatoms. The summed E-state index contributed by atoms with van der Waals surface area (Å²) in [5, 5.41) is 5.46. The Kier molecular flexibility index (Phi) is 6.24. The van der Waals surface area contributed by atoms with Gasteiger partial charge in [-0.25, -0.2) is 4.68 Å². The summed E-state index contributed by atoms with van der Waals surface area (Å²) >= 11 is 12.9. The van der Waals surface area contributed by atoms with Crippen LogP contribution in [0.1, 0.15) is 5.56 Å². The molecular formula is C26H18ClN3O2S2. The topological polar surface area (TPSA) is 47.4 Å². The van der Waals surface area contributed by atoms with Crippen molar-refractivity contribution < 1.29 is 9.53 Å². The average Bonchev–Trinajstić information content (AvgIpc) is 3.41. The number of ether oxygens (including phenoxy) is 1. The highest BCUT2D eigenvalue weighted by Crippen LogP contribution is 2.38. The number of aromatic nitrogens is 2. The number of rotatable bonds is 5.